The predicted molar refractivity (Wildman–Crippen MR) is 79.9 cm³/mol. The Hall–Kier alpha value is -1.65. The van der Waals surface area contributed by atoms with Gasteiger partial charge >= 0.3 is 0 Å². The van der Waals surface area contributed by atoms with Crippen LogP contribution in [-0.4, -0.2) is 34.7 Å². The normalized spacial score (nSPS) is 19.2. The minimum absolute atomic E-state index is 0.107. The van der Waals surface area contributed by atoms with Crippen molar-refractivity contribution in [1.82, 2.24) is 15.5 Å². The molecule has 5 heteroatoms. The first-order chi connectivity index (χ1) is 9.61. The van der Waals surface area contributed by atoms with Gasteiger partial charge in [0.25, 0.3) is 5.91 Å². The van der Waals surface area contributed by atoms with Crippen LogP contribution in [0.1, 0.15) is 56.9 Å². The van der Waals surface area contributed by atoms with E-state index in [1.807, 2.05) is 19.9 Å². The summed E-state index contributed by atoms with van der Waals surface area (Å²) in [6, 6.07) is 4.33. The smallest absolute Gasteiger partial charge is 0.271 e. The molecular weight excluding hydrogens is 252 g/mol. The van der Waals surface area contributed by atoms with Gasteiger partial charge in [0.2, 0.25) is 0 Å². The lowest BCUT2D eigenvalue weighted by Crippen LogP contribution is -2.40. The molecule has 0 saturated carbocycles. The number of carbonyl (C=O) groups excluding carboxylic acids is 1. The zero-order valence-corrected chi connectivity index (χ0v) is 12.6. The van der Waals surface area contributed by atoms with E-state index in [4.69, 9.17) is 0 Å². The summed E-state index contributed by atoms with van der Waals surface area (Å²) in [6.07, 6.45) is 4.83. The topological polar surface area (TPSA) is 58.1 Å². The first-order valence-electron chi connectivity index (χ1n) is 7.53. The number of carbonyl (C=O) groups is 1. The largest absolute Gasteiger partial charge is 0.352 e. The Morgan fingerprint density at radius 1 is 1.40 bits per heavy atom. The molecule has 0 aliphatic carbocycles. The monoisotopic (exact) mass is 276 g/mol. The molecule has 1 aromatic rings. The quantitative estimate of drug-likeness (QED) is 0.917. The van der Waals surface area contributed by atoms with Gasteiger partial charge in [0, 0.05) is 18.6 Å². The molecule has 1 aliphatic rings. The maximum atomic E-state index is 11.8. The number of rotatable bonds is 4. The molecule has 1 unspecified atom stereocenters. The van der Waals surface area contributed by atoms with E-state index < -0.39 is 0 Å². The zero-order chi connectivity index (χ0) is 14.5. The number of nitrogens with zero attached hydrogens (tertiary/aromatic N) is 3. The molecule has 1 amide bonds. The van der Waals surface area contributed by atoms with Crippen molar-refractivity contribution in [2.45, 2.75) is 58.5 Å². The molecule has 2 heterocycles. The van der Waals surface area contributed by atoms with Crippen LogP contribution in [0.25, 0.3) is 0 Å². The van der Waals surface area contributed by atoms with Crippen LogP contribution < -0.4 is 10.2 Å². The minimum Gasteiger partial charge on any atom is -0.352 e. The summed E-state index contributed by atoms with van der Waals surface area (Å²) in [4.78, 5) is 14.2. The van der Waals surface area contributed by atoms with E-state index in [0.29, 0.717) is 11.7 Å². The van der Waals surface area contributed by atoms with Crippen LogP contribution in [0, 0.1) is 0 Å². The van der Waals surface area contributed by atoms with Crippen LogP contribution in [0.15, 0.2) is 12.1 Å². The van der Waals surface area contributed by atoms with Crippen LogP contribution >= 0.6 is 0 Å². The highest BCUT2D eigenvalue weighted by Crippen LogP contribution is 2.24. The molecule has 1 aliphatic heterocycles. The average molecular weight is 276 g/mol. The lowest BCUT2D eigenvalue weighted by atomic mass is 10.0. The number of anilines is 1. The second-order valence-electron chi connectivity index (χ2n) is 5.66. The molecular formula is C15H24N4O. The van der Waals surface area contributed by atoms with Gasteiger partial charge in [-0.3, -0.25) is 4.79 Å². The van der Waals surface area contributed by atoms with Crippen molar-refractivity contribution >= 4 is 11.7 Å². The summed E-state index contributed by atoms with van der Waals surface area (Å²) in [5, 5.41) is 11.1. The molecule has 1 fully saturated rings. The lowest BCUT2D eigenvalue weighted by Gasteiger charge is -2.35. The van der Waals surface area contributed by atoms with E-state index in [1.165, 1.54) is 19.3 Å². The molecule has 1 atom stereocenters. The minimum atomic E-state index is -0.162. The molecule has 20 heavy (non-hydrogen) atoms. The summed E-state index contributed by atoms with van der Waals surface area (Å²) in [5.74, 6) is 0.724. The molecule has 0 spiro atoms. The second-order valence-corrected chi connectivity index (χ2v) is 5.66. The van der Waals surface area contributed by atoms with Crippen molar-refractivity contribution < 1.29 is 4.79 Å². The van der Waals surface area contributed by atoms with E-state index in [2.05, 4.69) is 27.3 Å². The van der Waals surface area contributed by atoms with E-state index >= 15 is 0 Å². The average Bonchev–Trinajstić information content (AvgIpc) is 2.46. The number of aromatic nitrogens is 2. The third-order valence-corrected chi connectivity index (χ3v) is 3.70. The fraction of sp³-hybridized carbons (Fsp3) is 0.667. The summed E-state index contributed by atoms with van der Waals surface area (Å²) in [7, 11) is 0. The van der Waals surface area contributed by atoms with E-state index in [1.54, 1.807) is 6.07 Å². The van der Waals surface area contributed by atoms with Crippen LogP contribution in [0.3, 0.4) is 0 Å². The molecule has 5 nitrogen and oxygen atoms in total. The Morgan fingerprint density at radius 3 is 2.80 bits per heavy atom. The van der Waals surface area contributed by atoms with E-state index in [-0.39, 0.29) is 11.9 Å². The van der Waals surface area contributed by atoms with Crippen LogP contribution in [0.4, 0.5) is 5.82 Å². The van der Waals surface area contributed by atoms with Crippen molar-refractivity contribution in [3.8, 4) is 0 Å². The predicted octanol–water partition coefficient (Wildman–Crippen LogP) is 2.38. The summed E-state index contributed by atoms with van der Waals surface area (Å²) < 4.78 is 0. The third-order valence-electron chi connectivity index (χ3n) is 3.70. The van der Waals surface area contributed by atoms with Crippen molar-refractivity contribution in [3.63, 3.8) is 0 Å². The van der Waals surface area contributed by atoms with Crippen molar-refractivity contribution in [3.05, 3.63) is 17.8 Å². The molecule has 2 rings (SSSR count). The molecule has 0 radical (unpaired) electrons. The van der Waals surface area contributed by atoms with Crippen molar-refractivity contribution in [2.24, 2.45) is 0 Å². The Bertz CT molecular complexity index is 444. The Kier molecular flexibility index (Phi) is 4.93. The lowest BCUT2D eigenvalue weighted by molar-refractivity contribution is 0.0937. The SMILES string of the molecule is CCC1CCCCN1c1ccc(C(=O)NC(C)C)nn1. The fourth-order valence-electron chi connectivity index (χ4n) is 2.66. The van der Waals surface area contributed by atoms with Crippen LogP contribution in [0.2, 0.25) is 0 Å². The number of hydrogen-bond donors (Lipinski definition) is 1. The van der Waals surface area contributed by atoms with Gasteiger partial charge in [-0.25, -0.2) is 0 Å². The van der Waals surface area contributed by atoms with E-state index in [9.17, 15) is 4.79 Å². The fourth-order valence-corrected chi connectivity index (χ4v) is 2.66. The van der Waals surface area contributed by atoms with Gasteiger partial charge in [-0.2, -0.15) is 0 Å². The number of amides is 1. The van der Waals surface area contributed by atoms with Gasteiger partial charge in [0.05, 0.1) is 0 Å². The number of nitrogens with one attached hydrogen (secondary N) is 1. The van der Waals surface area contributed by atoms with Gasteiger partial charge in [-0.15, -0.1) is 10.2 Å². The highest BCUT2D eigenvalue weighted by molar-refractivity contribution is 5.92. The van der Waals surface area contributed by atoms with Crippen molar-refractivity contribution in [2.75, 3.05) is 11.4 Å². The van der Waals surface area contributed by atoms with Crippen LogP contribution in [0.5, 0.6) is 0 Å². The highest BCUT2D eigenvalue weighted by Gasteiger charge is 2.22. The number of hydrogen-bond acceptors (Lipinski definition) is 4. The zero-order valence-electron chi connectivity index (χ0n) is 12.6. The maximum Gasteiger partial charge on any atom is 0.271 e. The molecule has 1 aromatic heterocycles. The Labute approximate surface area is 120 Å². The highest BCUT2D eigenvalue weighted by atomic mass is 16.2. The first kappa shape index (κ1) is 14.8. The van der Waals surface area contributed by atoms with Gasteiger partial charge in [0.15, 0.2) is 11.5 Å². The van der Waals surface area contributed by atoms with Crippen molar-refractivity contribution in [1.29, 1.82) is 0 Å². The summed E-state index contributed by atoms with van der Waals surface area (Å²) in [6.45, 7) is 7.10. The van der Waals surface area contributed by atoms with Crippen LogP contribution in [-0.2, 0) is 0 Å². The first-order valence-corrected chi connectivity index (χ1v) is 7.53. The van der Waals surface area contributed by atoms with Gasteiger partial charge < -0.3 is 10.2 Å². The molecule has 1 N–H and O–H groups in total. The Balaban J connectivity index is 2.09. The van der Waals surface area contributed by atoms with Gasteiger partial charge in [-0.1, -0.05) is 6.92 Å². The Morgan fingerprint density at radius 2 is 2.20 bits per heavy atom. The molecule has 0 bridgehead atoms. The van der Waals surface area contributed by atoms with Gasteiger partial charge in [0.1, 0.15) is 0 Å². The summed E-state index contributed by atoms with van der Waals surface area (Å²) >= 11 is 0. The third kappa shape index (κ3) is 3.46. The summed E-state index contributed by atoms with van der Waals surface area (Å²) in [5.41, 5.74) is 0.382. The molecule has 0 aromatic carbocycles. The van der Waals surface area contributed by atoms with Gasteiger partial charge in [-0.05, 0) is 51.7 Å². The van der Waals surface area contributed by atoms with E-state index in [0.717, 1.165) is 18.8 Å². The molecule has 110 valence electrons. The standard InChI is InChI=1S/C15H24N4O/c1-4-12-7-5-6-10-19(12)14-9-8-13(17-18-14)15(20)16-11(2)3/h8-9,11-12H,4-7,10H2,1-3H3,(H,16,20). The molecule has 1 saturated heterocycles. The maximum absolute atomic E-state index is 11.8. The number of piperidine rings is 1. The second kappa shape index (κ2) is 6.68.